The van der Waals surface area contributed by atoms with Gasteiger partial charge in [0.1, 0.15) is 0 Å². The first-order valence-corrected chi connectivity index (χ1v) is 5.64. The molecule has 0 aliphatic carbocycles. The van der Waals surface area contributed by atoms with Gasteiger partial charge in [-0.05, 0) is 26.3 Å². The molecule has 0 saturated carbocycles. The molecule has 2 atom stereocenters. The molecule has 0 amide bonds. The van der Waals surface area contributed by atoms with E-state index >= 15 is 0 Å². The van der Waals surface area contributed by atoms with Crippen LogP contribution in [-0.4, -0.2) is 36.1 Å². The highest BCUT2D eigenvalue weighted by molar-refractivity contribution is 4.93. The summed E-state index contributed by atoms with van der Waals surface area (Å²) >= 11 is 0. The van der Waals surface area contributed by atoms with Crippen LogP contribution in [0.2, 0.25) is 0 Å². The van der Waals surface area contributed by atoms with E-state index in [0.29, 0.717) is 5.54 Å². The summed E-state index contributed by atoms with van der Waals surface area (Å²) in [5.74, 6) is 0. The van der Waals surface area contributed by atoms with Gasteiger partial charge in [-0.3, -0.25) is 4.90 Å². The minimum Gasteiger partial charge on any atom is -0.309 e. The van der Waals surface area contributed by atoms with Crippen LogP contribution in [0.5, 0.6) is 0 Å². The Kier molecular flexibility index (Phi) is 3.74. The van der Waals surface area contributed by atoms with Crippen LogP contribution in [0.1, 0.15) is 40.5 Å². The van der Waals surface area contributed by atoms with E-state index in [0.717, 1.165) is 12.6 Å². The van der Waals surface area contributed by atoms with Crippen molar-refractivity contribution in [3.05, 3.63) is 0 Å². The standard InChI is InChI=1S/C11H24N2/c1-5-10-8-12-11(4,6-2)9-13(10)7-3/h10,12H,5-9H2,1-4H3. The number of nitrogens with one attached hydrogen (secondary N) is 1. The molecule has 2 unspecified atom stereocenters. The average Bonchev–Trinajstić information content (AvgIpc) is 2.18. The summed E-state index contributed by atoms with van der Waals surface area (Å²) in [7, 11) is 0. The molecule has 0 aromatic heterocycles. The SMILES string of the molecule is CCC1CNC(C)(CC)CN1CC. The molecule has 1 aliphatic heterocycles. The smallest absolute Gasteiger partial charge is 0.0278 e. The zero-order chi connectivity index (χ0) is 9.90. The Hall–Kier alpha value is -0.0800. The summed E-state index contributed by atoms with van der Waals surface area (Å²) in [5, 5.41) is 3.67. The van der Waals surface area contributed by atoms with Crippen molar-refractivity contribution in [2.45, 2.75) is 52.1 Å². The molecule has 1 rings (SSSR count). The van der Waals surface area contributed by atoms with E-state index in [1.165, 1.54) is 25.9 Å². The fourth-order valence-electron chi connectivity index (χ4n) is 2.14. The van der Waals surface area contributed by atoms with Crippen LogP contribution in [-0.2, 0) is 0 Å². The van der Waals surface area contributed by atoms with Crippen LogP contribution in [0.4, 0.5) is 0 Å². The summed E-state index contributed by atoms with van der Waals surface area (Å²) in [6.45, 7) is 12.7. The summed E-state index contributed by atoms with van der Waals surface area (Å²) in [4.78, 5) is 2.61. The van der Waals surface area contributed by atoms with E-state index in [4.69, 9.17) is 0 Å². The molecule has 1 fully saturated rings. The number of hydrogen-bond donors (Lipinski definition) is 1. The fourth-order valence-corrected chi connectivity index (χ4v) is 2.14. The Balaban J connectivity index is 2.57. The number of nitrogens with zero attached hydrogens (tertiary/aromatic N) is 1. The van der Waals surface area contributed by atoms with Crippen molar-refractivity contribution in [3.8, 4) is 0 Å². The van der Waals surface area contributed by atoms with E-state index in [9.17, 15) is 0 Å². The molecule has 0 aromatic rings. The van der Waals surface area contributed by atoms with Crippen molar-refractivity contribution in [1.29, 1.82) is 0 Å². The topological polar surface area (TPSA) is 15.3 Å². The maximum atomic E-state index is 3.67. The monoisotopic (exact) mass is 184 g/mol. The maximum absolute atomic E-state index is 3.67. The van der Waals surface area contributed by atoms with E-state index < -0.39 is 0 Å². The molecular weight excluding hydrogens is 160 g/mol. The average molecular weight is 184 g/mol. The van der Waals surface area contributed by atoms with Gasteiger partial charge in [0.25, 0.3) is 0 Å². The molecule has 0 aromatic carbocycles. The second kappa shape index (κ2) is 4.43. The first-order valence-electron chi connectivity index (χ1n) is 5.64. The van der Waals surface area contributed by atoms with Crippen LogP contribution in [0.15, 0.2) is 0 Å². The molecule has 1 heterocycles. The van der Waals surface area contributed by atoms with Gasteiger partial charge in [0.2, 0.25) is 0 Å². The van der Waals surface area contributed by atoms with Gasteiger partial charge >= 0.3 is 0 Å². The maximum Gasteiger partial charge on any atom is 0.0278 e. The number of piperazine rings is 1. The molecule has 0 radical (unpaired) electrons. The Bertz CT molecular complexity index is 158. The molecule has 1 N–H and O–H groups in total. The molecule has 1 saturated heterocycles. The highest BCUT2D eigenvalue weighted by Crippen LogP contribution is 2.19. The van der Waals surface area contributed by atoms with Crippen LogP contribution in [0.25, 0.3) is 0 Å². The third kappa shape index (κ3) is 2.44. The largest absolute Gasteiger partial charge is 0.309 e. The van der Waals surface area contributed by atoms with E-state index in [2.05, 4.69) is 37.9 Å². The molecular formula is C11H24N2. The minimum absolute atomic E-state index is 0.349. The van der Waals surface area contributed by atoms with Gasteiger partial charge in [-0.1, -0.05) is 20.8 Å². The molecule has 78 valence electrons. The summed E-state index contributed by atoms with van der Waals surface area (Å²) in [6.07, 6.45) is 2.49. The third-order valence-electron chi connectivity index (χ3n) is 3.49. The Morgan fingerprint density at radius 2 is 2.08 bits per heavy atom. The van der Waals surface area contributed by atoms with Crippen molar-refractivity contribution < 1.29 is 0 Å². The molecule has 0 bridgehead atoms. The van der Waals surface area contributed by atoms with Gasteiger partial charge in [-0.2, -0.15) is 0 Å². The van der Waals surface area contributed by atoms with Crippen molar-refractivity contribution in [1.82, 2.24) is 10.2 Å². The molecule has 2 nitrogen and oxygen atoms in total. The molecule has 1 aliphatic rings. The van der Waals surface area contributed by atoms with Gasteiger partial charge in [0, 0.05) is 24.7 Å². The van der Waals surface area contributed by atoms with Gasteiger partial charge in [-0.15, -0.1) is 0 Å². The normalized spacial score (nSPS) is 36.5. The third-order valence-corrected chi connectivity index (χ3v) is 3.49. The second-order valence-corrected chi connectivity index (χ2v) is 4.42. The highest BCUT2D eigenvalue weighted by atomic mass is 15.2. The first-order chi connectivity index (χ1) is 6.15. The van der Waals surface area contributed by atoms with Gasteiger partial charge < -0.3 is 5.32 Å². The van der Waals surface area contributed by atoms with Crippen LogP contribution in [0, 0.1) is 0 Å². The van der Waals surface area contributed by atoms with Crippen molar-refractivity contribution in [2.24, 2.45) is 0 Å². The zero-order valence-corrected chi connectivity index (χ0v) is 9.56. The lowest BCUT2D eigenvalue weighted by Crippen LogP contribution is -2.62. The lowest BCUT2D eigenvalue weighted by Gasteiger charge is -2.45. The van der Waals surface area contributed by atoms with Crippen molar-refractivity contribution >= 4 is 0 Å². The zero-order valence-electron chi connectivity index (χ0n) is 9.56. The second-order valence-electron chi connectivity index (χ2n) is 4.42. The molecule has 13 heavy (non-hydrogen) atoms. The first kappa shape index (κ1) is 11.0. The van der Waals surface area contributed by atoms with Gasteiger partial charge in [0.15, 0.2) is 0 Å². The highest BCUT2D eigenvalue weighted by Gasteiger charge is 2.32. The van der Waals surface area contributed by atoms with Gasteiger partial charge in [-0.25, -0.2) is 0 Å². The Morgan fingerprint density at radius 3 is 2.54 bits per heavy atom. The lowest BCUT2D eigenvalue weighted by atomic mass is 9.93. The summed E-state index contributed by atoms with van der Waals surface area (Å²) in [6, 6.07) is 0.754. The minimum atomic E-state index is 0.349. The summed E-state index contributed by atoms with van der Waals surface area (Å²) < 4.78 is 0. The number of hydrogen-bond acceptors (Lipinski definition) is 2. The predicted molar refractivity (Wildman–Crippen MR) is 58.0 cm³/mol. The Labute approximate surface area is 82.7 Å². The predicted octanol–water partition coefficient (Wildman–Crippen LogP) is 1.86. The fraction of sp³-hybridized carbons (Fsp3) is 1.00. The molecule has 2 heteroatoms. The lowest BCUT2D eigenvalue weighted by molar-refractivity contribution is 0.0874. The van der Waals surface area contributed by atoms with Crippen LogP contribution < -0.4 is 5.32 Å². The van der Waals surface area contributed by atoms with Gasteiger partial charge in [0.05, 0.1) is 0 Å². The number of likely N-dealkylation sites (N-methyl/N-ethyl adjacent to an activating group) is 1. The quantitative estimate of drug-likeness (QED) is 0.720. The van der Waals surface area contributed by atoms with E-state index in [1.807, 2.05) is 0 Å². The van der Waals surface area contributed by atoms with Crippen LogP contribution >= 0.6 is 0 Å². The van der Waals surface area contributed by atoms with Crippen LogP contribution in [0.3, 0.4) is 0 Å². The van der Waals surface area contributed by atoms with Crippen molar-refractivity contribution in [3.63, 3.8) is 0 Å². The summed E-state index contributed by atoms with van der Waals surface area (Å²) in [5.41, 5.74) is 0.349. The van der Waals surface area contributed by atoms with E-state index in [-0.39, 0.29) is 0 Å². The molecule has 0 spiro atoms. The number of rotatable bonds is 3. The van der Waals surface area contributed by atoms with E-state index in [1.54, 1.807) is 0 Å². The Morgan fingerprint density at radius 1 is 1.38 bits per heavy atom. The van der Waals surface area contributed by atoms with Crippen molar-refractivity contribution in [2.75, 3.05) is 19.6 Å².